The minimum Gasteiger partial charge on any atom is -0.0679 e. The summed E-state index contributed by atoms with van der Waals surface area (Å²) >= 11 is 0. The minimum atomic E-state index is -1.85. The number of fused-ring (bicyclic) bond motifs is 2. The standard InChI is InChI=1S/C34H32Si/c1-23-21-31-27(25-13-7-5-8-14-25)17-11-19-29(31)33(23)35(3,4)34-24(2)22-32-28(18-12-20-30(32)34)26-15-9-6-10-16-26/h5-22,33-34H,1-4H3. The molecule has 2 aliphatic rings. The molecule has 0 aliphatic heterocycles. The van der Waals surface area contributed by atoms with Gasteiger partial charge in [-0.2, -0.15) is 0 Å². The number of rotatable bonds is 4. The topological polar surface area (TPSA) is 0 Å². The summed E-state index contributed by atoms with van der Waals surface area (Å²) in [7, 11) is -1.85. The Morgan fingerprint density at radius 2 is 0.886 bits per heavy atom. The van der Waals surface area contributed by atoms with Gasteiger partial charge in [0.15, 0.2) is 0 Å². The molecule has 4 aromatic rings. The van der Waals surface area contributed by atoms with Crippen molar-refractivity contribution in [1.29, 1.82) is 0 Å². The maximum atomic E-state index is 2.62. The first kappa shape index (κ1) is 22.1. The zero-order valence-electron chi connectivity index (χ0n) is 21.0. The van der Waals surface area contributed by atoms with Crippen molar-refractivity contribution in [3.63, 3.8) is 0 Å². The summed E-state index contributed by atoms with van der Waals surface area (Å²) in [4.78, 5) is 0. The lowest BCUT2D eigenvalue weighted by atomic mass is 9.97. The van der Waals surface area contributed by atoms with Gasteiger partial charge in [0.25, 0.3) is 0 Å². The first-order valence-electron chi connectivity index (χ1n) is 12.7. The Bertz CT molecular complexity index is 1360. The molecule has 0 radical (unpaired) electrons. The lowest BCUT2D eigenvalue weighted by Gasteiger charge is -2.39. The molecular formula is C34H32Si. The van der Waals surface area contributed by atoms with Crippen LogP contribution in [0.2, 0.25) is 13.1 Å². The molecule has 0 heterocycles. The van der Waals surface area contributed by atoms with Crippen molar-refractivity contribution in [2.45, 2.75) is 38.0 Å². The Balaban J connectivity index is 1.46. The van der Waals surface area contributed by atoms with Gasteiger partial charge < -0.3 is 0 Å². The molecule has 172 valence electrons. The molecule has 0 spiro atoms. The Morgan fingerprint density at radius 3 is 1.29 bits per heavy atom. The van der Waals surface area contributed by atoms with E-state index >= 15 is 0 Å². The highest BCUT2D eigenvalue weighted by atomic mass is 28.3. The fourth-order valence-corrected chi connectivity index (χ4v) is 11.9. The van der Waals surface area contributed by atoms with Crippen LogP contribution in [-0.4, -0.2) is 8.07 Å². The quantitative estimate of drug-likeness (QED) is 0.262. The lowest BCUT2D eigenvalue weighted by molar-refractivity contribution is 0.968. The number of allylic oxidation sites excluding steroid dienone is 2. The summed E-state index contributed by atoms with van der Waals surface area (Å²) in [5.74, 6) is 0. The van der Waals surface area contributed by atoms with E-state index in [1.54, 1.807) is 0 Å². The van der Waals surface area contributed by atoms with E-state index in [2.05, 4.69) is 136 Å². The van der Waals surface area contributed by atoms with Gasteiger partial charge in [0.2, 0.25) is 0 Å². The van der Waals surface area contributed by atoms with Crippen molar-refractivity contribution in [1.82, 2.24) is 0 Å². The van der Waals surface area contributed by atoms with Gasteiger partial charge in [0.05, 0.1) is 8.07 Å². The van der Waals surface area contributed by atoms with E-state index in [0.717, 1.165) is 0 Å². The third kappa shape index (κ3) is 3.49. The molecule has 0 saturated carbocycles. The fraction of sp³-hybridized carbons (Fsp3) is 0.176. The summed E-state index contributed by atoms with van der Waals surface area (Å²) in [6.45, 7) is 9.96. The van der Waals surface area contributed by atoms with E-state index in [-0.39, 0.29) is 0 Å². The van der Waals surface area contributed by atoms with Crippen LogP contribution in [0.1, 0.15) is 47.2 Å². The average molecular weight is 469 g/mol. The molecule has 0 fully saturated rings. The Hall–Kier alpha value is -3.42. The molecule has 1 heteroatoms. The SMILES string of the molecule is CC1=Cc2c(-c3ccccc3)cccc2C1[Si](C)(C)C1C(C)=Cc2c(-c3ccccc3)cccc21. The smallest absolute Gasteiger partial charge is 0.0679 e. The van der Waals surface area contributed by atoms with Crippen LogP contribution in [0.3, 0.4) is 0 Å². The largest absolute Gasteiger partial charge is 0.0722 e. The molecular weight excluding hydrogens is 436 g/mol. The van der Waals surface area contributed by atoms with Gasteiger partial charge in [-0.3, -0.25) is 0 Å². The first-order chi connectivity index (χ1) is 17.0. The summed E-state index contributed by atoms with van der Waals surface area (Å²) in [5, 5.41) is 0. The summed E-state index contributed by atoms with van der Waals surface area (Å²) in [6.07, 6.45) is 4.96. The zero-order valence-corrected chi connectivity index (χ0v) is 22.0. The molecule has 2 unspecified atom stereocenters. The van der Waals surface area contributed by atoms with Crippen LogP contribution in [0, 0.1) is 0 Å². The van der Waals surface area contributed by atoms with Gasteiger partial charge in [0.1, 0.15) is 0 Å². The van der Waals surface area contributed by atoms with Gasteiger partial charge in [-0.25, -0.2) is 0 Å². The van der Waals surface area contributed by atoms with Gasteiger partial charge in [-0.1, -0.05) is 133 Å². The van der Waals surface area contributed by atoms with Gasteiger partial charge in [-0.05, 0) is 58.4 Å². The highest BCUT2D eigenvalue weighted by molar-refractivity contribution is 6.81. The van der Waals surface area contributed by atoms with Crippen LogP contribution in [0.15, 0.2) is 108 Å². The summed E-state index contributed by atoms with van der Waals surface area (Å²) < 4.78 is 0. The van der Waals surface area contributed by atoms with E-state index in [9.17, 15) is 0 Å². The van der Waals surface area contributed by atoms with Crippen LogP contribution in [0.5, 0.6) is 0 Å². The number of hydrogen-bond acceptors (Lipinski definition) is 0. The predicted molar refractivity (Wildman–Crippen MR) is 154 cm³/mol. The van der Waals surface area contributed by atoms with Gasteiger partial charge in [0, 0.05) is 11.1 Å². The molecule has 2 atom stereocenters. The Kier molecular flexibility index (Phi) is 5.27. The summed E-state index contributed by atoms with van der Waals surface area (Å²) in [6, 6.07) is 35.6. The maximum Gasteiger partial charge on any atom is 0.0722 e. The molecule has 0 aromatic heterocycles. The lowest BCUT2D eigenvalue weighted by Crippen LogP contribution is -2.42. The van der Waals surface area contributed by atoms with Crippen molar-refractivity contribution in [2.75, 3.05) is 0 Å². The van der Waals surface area contributed by atoms with Crippen molar-refractivity contribution < 1.29 is 0 Å². The Morgan fingerprint density at radius 1 is 0.486 bits per heavy atom. The minimum absolute atomic E-state index is 0.515. The third-order valence-corrected chi connectivity index (χ3v) is 12.7. The molecule has 0 amide bonds. The second-order valence-corrected chi connectivity index (χ2v) is 15.6. The molecule has 0 saturated heterocycles. The van der Waals surface area contributed by atoms with E-state index in [0.29, 0.717) is 11.1 Å². The fourth-order valence-electron chi connectivity index (χ4n) is 6.99. The molecule has 6 rings (SSSR count). The van der Waals surface area contributed by atoms with Crippen molar-refractivity contribution in [2.24, 2.45) is 0 Å². The van der Waals surface area contributed by atoms with Crippen LogP contribution in [-0.2, 0) is 0 Å². The number of hydrogen-bond donors (Lipinski definition) is 0. The summed E-state index contributed by atoms with van der Waals surface area (Å²) in [5.41, 5.74) is 15.3. The van der Waals surface area contributed by atoms with E-state index in [1.807, 2.05) is 0 Å². The van der Waals surface area contributed by atoms with Crippen LogP contribution >= 0.6 is 0 Å². The molecule has 35 heavy (non-hydrogen) atoms. The van der Waals surface area contributed by atoms with Crippen LogP contribution < -0.4 is 0 Å². The first-order valence-corrected chi connectivity index (χ1v) is 15.9. The molecule has 4 aromatic carbocycles. The van der Waals surface area contributed by atoms with Gasteiger partial charge >= 0.3 is 0 Å². The van der Waals surface area contributed by atoms with E-state index in [4.69, 9.17) is 0 Å². The highest BCUT2D eigenvalue weighted by Gasteiger charge is 2.47. The van der Waals surface area contributed by atoms with Gasteiger partial charge in [-0.15, -0.1) is 0 Å². The number of benzene rings is 4. The Labute approximate surface area is 210 Å². The predicted octanol–water partition coefficient (Wildman–Crippen LogP) is 9.51. The van der Waals surface area contributed by atoms with E-state index < -0.39 is 8.07 Å². The zero-order chi connectivity index (χ0) is 24.2. The van der Waals surface area contributed by atoms with Crippen LogP contribution in [0.25, 0.3) is 34.4 Å². The maximum absolute atomic E-state index is 2.62. The molecule has 0 nitrogen and oxygen atoms in total. The molecule has 0 N–H and O–H groups in total. The normalized spacial score (nSPS) is 18.6. The van der Waals surface area contributed by atoms with Crippen LogP contribution in [0.4, 0.5) is 0 Å². The third-order valence-electron chi connectivity index (χ3n) is 8.21. The average Bonchev–Trinajstić information content (AvgIpc) is 3.41. The highest BCUT2D eigenvalue weighted by Crippen LogP contribution is 2.54. The molecule has 0 bridgehead atoms. The monoisotopic (exact) mass is 468 g/mol. The van der Waals surface area contributed by atoms with Crippen molar-refractivity contribution >= 4 is 20.2 Å². The van der Waals surface area contributed by atoms with Crippen molar-refractivity contribution in [3.05, 3.63) is 130 Å². The second-order valence-electron chi connectivity index (χ2n) is 10.8. The van der Waals surface area contributed by atoms with Crippen molar-refractivity contribution in [3.8, 4) is 22.3 Å². The van der Waals surface area contributed by atoms with E-state index in [1.165, 1.54) is 55.7 Å². The molecule has 2 aliphatic carbocycles. The second kappa shape index (κ2) is 8.36.